The molecule has 178 valence electrons. The van der Waals surface area contributed by atoms with Crippen molar-refractivity contribution in [2.75, 3.05) is 5.32 Å². The topological polar surface area (TPSA) is 102 Å². The molecule has 2 aromatic carbocycles. The van der Waals surface area contributed by atoms with Crippen LogP contribution in [0.3, 0.4) is 0 Å². The predicted molar refractivity (Wildman–Crippen MR) is 139 cm³/mol. The lowest BCUT2D eigenvalue weighted by molar-refractivity contribution is 0.1000. The van der Waals surface area contributed by atoms with Crippen molar-refractivity contribution < 1.29 is 14.0 Å². The number of anilines is 1. The number of benzene rings is 2. The van der Waals surface area contributed by atoms with E-state index in [-0.39, 0.29) is 11.3 Å². The van der Waals surface area contributed by atoms with E-state index in [1.165, 1.54) is 17.4 Å². The summed E-state index contributed by atoms with van der Waals surface area (Å²) >= 11 is 1.44. The number of carbonyl (C=O) groups is 2. The number of rotatable bonds is 4. The van der Waals surface area contributed by atoms with Crippen molar-refractivity contribution in [1.29, 1.82) is 0 Å². The number of hydrogen-bond acceptors (Lipinski definition) is 5. The summed E-state index contributed by atoms with van der Waals surface area (Å²) in [5.74, 6) is 0.148. The van der Waals surface area contributed by atoms with Gasteiger partial charge in [-0.25, -0.2) is 0 Å². The lowest BCUT2D eigenvalue weighted by Gasteiger charge is -2.18. The van der Waals surface area contributed by atoms with E-state index >= 15 is 0 Å². The van der Waals surface area contributed by atoms with E-state index in [9.17, 15) is 14.4 Å². The molecular formula is C28H26N2O4S. The van der Waals surface area contributed by atoms with Gasteiger partial charge in [0.25, 0.3) is 11.8 Å². The maximum Gasteiger partial charge on any atom is 0.256 e. The summed E-state index contributed by atoms with van der Waals surface area (Å²) in [4.78, 5) is 39.0. The molecule has 0 saturated heterocycles. The van der Waals surface area contributed by atoms with Gasteiger partial charge in [0.1, 0.15) is 16.3 Å². The van der Waals surface area contributed by atoms with Crippen molar-refractivity contribution in [3.05, 3.63) is 85.4 Å². The Balaban J connectivity index is 1.43. The van der Waals surface area contributed by atoms with Gasteiger partial charge in [0.05, 0.1) is 10.9 Å². The van der Waals surface area contributed by atoms with Gasteiger partial charge >= 0.3 is 0 Å². The highest BCUT2D eigenvalue weighted by atomic mass is 32.1. The average molecular weight is 487 g/mol. The fourth-order valence-electron chi connectivity index (χ4n) is 4.81. The lowest BCUT2D eigenvalue weighted by atomic mass is 9.88. The molecule has 0 aliphatic heterocycles. The molecule has 0 fully saturated rings. The van der Waals surface area contributed by atoms with Crippen molar-refractivity contribution in [2.45, 2.75) is 40.0 Å². The standard InChI is InChI=1S/C28H26N2O4S/c1-14-4-9-19-23(12-14)35-28(24(19)26(29)32)30-27(33)18-7-5-17(6-8-18)22-13-21(31)20-11-15(2)10-16(3)25(20)34-22/h5-8,10-11,13-14H,4,9,12H2,1-3H3,(H2,29,32)(H,30,33). The van der Waals surface area contributed by atoms with Crippen LogP contribution in [0.25, 0.3) is 22.3 Å². The first kappa shape index (κ1) is 23.1. The molecular weight excluding hydrogens is 460 g/mol. The largest absolute Gasteiger partial charge is 0.456 e. The molecule has 0 saturated carbocycles. The fraction of sp³-hybridized carbons (Fsp3) is 0.250. The molecule has 1 aliphatic rings. The minimum absolute atomic E-state index is 0.107. The molecule has 7 heteroatoms. The normalized spacial score (nSPS) is 15.1. The molecule has 0 bridgehead atoms. The van der Waals surface area contributed by atoms with Crippen molar-refractivity contribution in [3.63, 3.8) is 0 Å². The van der Waals surface area contributed by atoms with Gasteiger partial charge in [-0.1, -0.05) is 25.1 Å². The second kappa shape index (κ2) is 8.82. The molecule has 3 N–H and O–H groups in total. The van der Waals surface area contributed by atoms with E-state index in [4.69, 9.17) is 10.2 Å². The summed E-state index contributed by atoms with van der Waals surface area (Å²) < 4.78 is 6.06. The monoisotopic (exact) mass is 486 g/mol. The number of fused-ring (bicyclic) bond motifs is 2. The summed E-state index contributed by atoms with van der Waals surface area (Å²) in [5, 5.41) is 3.96. The first-order valence-electron chi connectivity index (χ1n) is 11.6. The summed E-state index contributed by atoms with van der Waals surface area (Å²) in [6.07, 6.45) is 2.69. The van der Waals surface area contributed by atoms with Crippen molar-refractivity contribution in [2.24, 2.45) is 11.7 Å². The minimum Gasteiger partial charge on any atom is -0.456 e. The van der Waals surface area contributed by atoms with Gasteiger partial charge in [0.15, 0.2) is 5.43 Å². The maximum atomic E-state index is 13.0. The van der Waals surface area contributed by atoms with Crippen LogP contribution in [0.1, 0.15) is 55.6 Å². The van der Waals surface area contributed by atoms with E-state index in [0.29, 0.717) is 44.3 Å². The lowest BCUT2D eigenvalue weighted by Crippen LogP contribution is -2.19. The number of carbonyl (C=O) groups excluding carboxylic acids is 2. The first-order valence-corrected chi connectivity index (χ1v) is 12.4. The van der Waals surface area contributed by atoms with Gasteiger partial charge in [0.2, 0.25) is 0 Å². The Bertz CT molecular complexity index is 1550. The summed E-state index contributed by atoms with van der Waals surface area (Å²) in [7, 11) is 0. The number of thiophene rings is 1. The Kier molecular flexibility index (Phi) is 5.81. The number of primary amides is 1. The van der Waals surface area contributed by atoms with Crippen LogP contribution in [0.4, 0.5) is 5.00 Å². The second-order valence-electron chi connectivity index (χ2n) is 9.39. The molecule has 0 radical (unpaired) electrons. The fourth-order valence-corrected chi connectivity index (χ4v) is 6.22. The van der Waals surface area contributed by atoms with Gasteiger partial charge in [0, 0.05) is 22.1 Å². The highest BCUT2D eigenvalue weighted by Gasteiger charge is 2.27. The summed E-state index contributed by atoms with van der Waals surface area (Å²) in [5.41, 5.74) is 10.6. The number of aryl methyl sites for hydroxylation is 2. The first-order chi connectivity index (χ1) is 16.7. The molecule has 1 unspecified atom stereocenters. The van der Waals surface area contributed by atoms with Crippen LogP contribution < -0.4 is 16.5 Å². The van der Waals surface area contributed by atoms with Crippen LogP contribution in [0, 0.1) is 19.8 Å². The minimum atomic E-state index is -0.514. The third kappa shape index (κ3) is 4.28. The zero-order valence-corrected chi connectivity index (χ0v) is 20.7. The number of amides is 2. The Morgan fingerprint density at radius 1 is 1.11 bits per heavy atom. The van der Waals surface area contributed by atoms with Crippen molar-refractivity contribution in [1.82, 2.24) is 0 Å². The van der Waals surface area contributed by atoms with E-state index in [1.807, 2.05) is 26.0 Å². The maximum absolute atomic E-state index is 13.0. The van der Waals surface area contributed by atoms with Gasteiger partial charge in [-0.15, -0.1) is 11.3 Å². The molecule has 1 atom stereocenters. The van der Waals surface area contributed by atoms with E-state index in [2.05, 4.69) is 12.2 Å². The number of hydrogen-bond donors (Lipinski definition) is 2. The van der Waals surface area contributed by atoms with E-state index in [0.717, 1.165) is 40.8 Å². The Labute approximate surface area is 206 Å². The molecule has 2 amide bonds. The zero-order chi connectivity index (χ0) is 24.9. The molecule has 1 aliphatic carbocycles. The number of nitrogens with two attached hydrogens (primary N) is 1. The zero-order valence-electron chi connectivity index (χ0n) is 19.9. The van der Waals surface area contributed by atoms with Gasteiger partial charge in [-0.05, 0) is 73.9 Å². The third-order valence-corrected chi connectivity index (χ3v) is 7.75. The van der Waals surface area contributed by atoms with E-state index < -0.39 is 5.91 Å². The number of nitrogens with one attached hydrogen (secondary N) is 1. The third-order valence-electron chi connectivity index (χ3n) is 6.58. The molecule has 35 heavy (non-hydrogen) atoms. The second-order valence-corrected chi connectivity index (χ2v) is 10.5. The van der Waals surface area contributed by atoms with Crippen LogP contribution in [0.2, 0.25) is 0 Å². The Morgan fingerprint density at radius 2 is 1.86 bits per heavy atom. The van der Waals surface area contributed by atoms with Crippen LogP contribution in [0.5, 0.6) is 0 Å². The van der Waals surface area contributed by atoms with Crippen LogP contribution in [0.15, 0.2) is 51.7 Å². The van der Waals surface area contributed by atoms with Crippen molar-refractivity contribution >= 4 is 39.1 Å². The SMILES string of the molecule is Cc1cc(C)c2oc(-c3ccc(C(=O)Nc4sc5c(c4C(N)=O)CCC(C)C5)cc3)cc(=O)c2c1. The molecule has 2 aromatic heterocycles. The Hall–Kier alpha value is -3.71. The van der Waals surface area contributed by atoms with Crippen LogP contribution >= 0.6 is 11.3 Å². The molecule has 5 rings (SSSR count). The smallest absolute Gasteiger partial charge is 0.256 e. The van der Waals surface area contributed by atoms with Gasteiger partial charge in [-0.2, -0.15) is 0 Å². The highest BCUT2D eigenvalue weighted by molar-refractivity contribution is 7.17. The van der Waals surface area contributed by atoms with E-state index in [1.54, 1.807) is 24.3 Å². The average Bonchev–Trinajstić information content (AvgIpc) is 3.16. The molecule has 0 spiro atoms. The van der Waals surface area contributed by atoms with Crippen molar-refractivity contribution in [3.8, 4) is 11.3 Å². The molecule has 2 heterocycles. The van der Waals surface area contributed by atoms with Crippen LogP contribution in [-0.2, 0) is 12.8 Å². The van der Waals surface area contributed by atoms with Gasteiger partial charge in [-0.3, -0.25) is 14.4 Å². The quantitative estimate of drug-likeness (QED) is 0.391. The van der Waals surface area contributed by atoms with Gasteiger partial charge < -0.3 is 15.5 Å². The predicted octanol–water partition coefficient (Wildman–Crippen LogP) is 5.61. The van der Waals surface area contributed by atoms with Crippen LogP contribution in [-0.4, -0.2) is 11.8 Å². The molecule has 6 nitrogen and oxygen atoms in total. The Morgan fingerprint density at radius 3 is 2.57 bits per heavy atom. The summed E-state index contributed by atoms with van der Waals surface area (Å²) in [6, 6.07) is 12.1. The highest BCUT2D eigenvalue weighted by Crippen LogP contribution is 2.39. The summed E-state index contributed by atoms with van der Waals surface area (Å²) in [6.45, 7) is 6.05. The molecule has 4 aromatic rings.